The first-order valence-corrected chi connectivity index (χ1v) is 6.60. The topological polar surface area (TPSA) is 73.0 Å². The lowest BCUT2D eigenvalue weighted by Gasteiger charge is -2.13. The number of rotatable bonds is 7. The van der Waals surface area contributed by atoms with Crippen LogP contribution < -0.4 is 5.32 Å². The fraction of sp³-hybridized carbons (Fsp3) is 0.357. The predicted molar refractivity (Wildman–Crippen MR) is 76.5 cm³/mol. The first-order chi connectivity index (χ1) is 9.66. The maximum Gasteiger partial charge on any atom is 0.272 e. The van der Waals surface area contributed by atoms with Crippen LogP contribution in [-0.4, -0.2) is 27.3 Å². The van der Waals surface area contributed by atoms with E-state index in [1.54, 1.807) is 24.4 Å². The molecule has 0 saturated carbocycles. The third-order valence-corrected chi connectivity index (χ3v) is 3.10. The van der Waals surface area contributed by atoms with Gasteiger partial charge in [0.15, 0.2) is 0 Å². The molecule has 1 N–H and O–H groups in total. The zero-order chi connectivity index (χ0) is 14.4. The molecule has 6 nitrogen and oxygen atoms in total. The predicted octanol–water partition coefficient (Wildman–Crippen LogP) is 2.01. The van der Waals surface area contributed by atoms with Crippen LogP contribution in [0.2, 0.25) is 0 Å². The summed E-state index contributed by atoms with van der Waals surface area (Å²) in [5, 5.41) is 18.4. The number of nitro benzene ring substituents is 1. The Morgan fingerprint density at radius 2 is 2.20 bits per heavy atom. The molecule has 1 unspecified atom stereocenters. The van der Waals surface area contributed by atoms with Crippen LogP contribution in [0.3, 0.4) is 0 Å². The molecule has 106 valence electrons. The summed E-state index contributed by atoms with van der Waals surface area (Å²) in [5.74, 6) is 0. The molecule has 20 heavy (non-hydrogen) atoms. The molecule has 0 aliphatic carbocycles. The Bertz CT molecular complexity index is 554. The van der Waals surface area contributed by atoms with Gasteiger partial charge in [0.1, 0.15) is 0 Å². The Labute approximate surface area is 117 Å². The van der Waals surface area contributed by atoms with Crippen molar-refractivity contribution in [1.82, 2.24) is 15.1 Å². The Hall–Kier alpha value is -2.21. The SMILES string of the molecule is CC(Cn1cccn1)NCCc1ccccc1[N+](=O)[O-]. The van der Waals surface area contributed by atoms with Crippen molar-refractivity contribution >= 4 is 5.69 Å². The quantitative estimate of drug-likeness (QED) is 0.619. The molecule has 2 aromatic rings. The van der Waals surface area contributed by atoms with Gasteiger partial charge < -0.3 is 5.32 Å². The van der Waals surface area contributed by atoms with E-state index >= 15 is 0 Å². The van der Waals surface area contributed by atoms with Crippen LogP contribution in [0.25, 0.3) is 0 Å². The molecule has 0 aliphatic rings. The molecular weight excluding hydrogens is 256 g/mol. The van der Waals surface area contributed by atoms with Crippen LogP contribution in [0.5, 0.6) is 0 Å². The Balaban J connectivity index is 1.82. The second-order valence-corrected chi connectivity index (χ2v) is 4.72. The second kappa shape index (κ2) is 6.81. The van der Waals surface area contributed by atoms with Gasteiger partial charge in [0, 0.05) is 30.1 Å². The summed E-state index contributed by atoms with van der Waals surface area (Å²) in [7, 11) is 0. The van der Waals surface area contributed by atoms with E-state index < -0.39 is 0 Å². The summed E-state index contributed by atoms with van der Waals surface area (Å²) in [4.78, 5) is 10.6. The minimum absolute atomic E-state index is 0.189. The smallest absolute Gasteiger partial charge is 0.272 e. The van der Waals surface area contributed by atoms with Crippen molar-refractivity contribution in [3.63, 3.8) is 0 Å². The second-order valence-electron chi connectivity index (χ2n) is 4.72. The molecule has 0 fully saturated rings. The largest absolute Gasteiger partial charge is 0.312 e. The number of aromatic nitrogens is 2. The molecule has 2 rings (SSSR count). The highest BCUT2D eigenvalue weighted by molar-refractivity contribution is 5.39. The van der Waals surface area contributed by atoms with E-state index in [0.717, 1.165) is 12.1 Å². The first kappa shape index (κ1) is 14.2. The standard InChI is InChI=1S/C14H18N4O2/c1-12(11-17-10-4-8-16-17)15-9-7-13-5-2-3-6-14(13)18(19)20/h2-6,8,10,12,15H,7,9,11H2,1H3. The van der Waals surface area contributed by atoms with Gasteiger partial charge in [-0.3, -0.25) is 14.8 Å². The lowest BCUT2D eigenvalue weighted by Crippen LogP contribution is -2.32. The lowest BCUT2D eigenvalue weighted by molar-refractivity contribution is -0.385. The summed E-state index contributed by atoms with van der Waals surface area (Å²) in [6, 6.07) is 9.02. The van der Waals surface area contributed by atoms with Crippen LogP contribution in [0.1, 0.15) is 12.5 Å². The summed E-state index contributed by atoms with van der Waals surface area (Å²) in [5.41, 5.74) is 0.949. The number of nitrogens with zero attached hydrogens (tertiary/aromatic N) is 3. The van der Waals surface area contributed by atoms with Crippen molar-refractivity contribution in [2.45, 2.75) is 25.9 Å². The van der Waals surface area contributed by atoms with E-state index in [0.29, 0.717) is 13.0 Å². The van der Waals surface area contributed by atoms with Crippen LogP contribution in [-0.2, 0) is 13.0 Å². The van der Waals surface area contributed by atoms with Gasteiger partial charge in [-0.15, -0.1) is 0 Å². The summed E-state index contributed by atoms with van der Waals surface area (Å²) in [6.07, 6.45) is 4.31. The number of hydrogen-bond acceptors (Lipinski definition) is 4. The van der Waals surface area contributed by atoms with E-state index in [2.05, 4.69) is 17.3 Å². The molecule has 1 heterocycles. The normalized spacial score (nSPS) is 12.2. The molecule has 1 aromatic heterocycles. The number of nitro groups is 1. The monoisotopic (exact) mass is 274 g/mol. The Morgan fingerprint density at radius 3 is 2.90 bits per heavy atom. The Morgan fingerprint density at radius 1 is 1.40 bits per heavy atom. The van der Waals surface area contributed by atoms with Gasteiger partial charge in [-0.2, -0.15) is 5.10 Å². The van der Waals surface area contributed by atoms with E-state index in [9.17, 15) is 10.1 Å². The fourth-order valence-electron chi connectivity index (χ4n) is 2.11. The van der Waals surface area contributed by atoms with E-state index in [1.807, 2.05) is 23.0 Å². The number of hydrogen-bond donors (Lipinski definition) is 1. The van der Waals surface area contributed by atoms with Crippen molar-refractivity contribution in [1.29, 1.82) is 0 Å². The van der Waals surface area contributed by atoms with Gasteiger partial charge in [0.25, 0.3) is 5.69 Å². The van der Waals surface area contributed by atoms with Crippen LogP contribution in [0.15, 0.2) is 42.7 Å². The third kappa shape index (κ3) is 3.89. The zero-order valence-corrected chi connectivity index (χ0v) is 11.4. The third-order valence-electron chi connectivity index (χ3n) is 3.10. The maximum atomic E-state index is 10.9. The average Bonchev–Trinajstić information content (AvgIpc) is 2.92. The van der Waals surface area contributed by atoms with Gasteiger partial charge in [-0.1, -0.05) is 18.2 Å². The summed E-state index contributed by atoms with van der Waals surface area (Å²) < 4.78 is 1.86. The summed E-state index contributed by atoms with van der Waals surface area (Å²) in [6.45, 7) is 3.55. The minimum Gasteiger partial charge on any atom is -0.312 e. The van der Waals surface area contributed by atoms with E-state index in [4.69, 9.17) is 0 Å². The van der Waals surface area contributed by atoms with Crippen molar-refractivity contribution < 1.29 is 4.92 Å². The zero-order valence-electron chi connectivity index (χ0n) is 11.4. The van der Waals surface area contributed by atoms with Gasteiger partial charge in [0.2, 0.25) is 0 Å². The summed E-state index contributed by atoms with van der Waals surface area (Å²) >= 11 is 0. The van der Waals surface area contributed by atoms with Crippen molar-refractivity contribution in [2.75, 3.05) is 6.54 Å². The maximum absolute atomic E-state index is 10.9. The first-order valence-electron chi connectivity index (χ1n) is 6.60. The highest BCUT2D eigenvalue weighted by Crippen LogP contribution is 2.17. The highest BCUT2D eigenvalue weighted by Gasteiger charge is 2.12. The van der Waals surface area contributed by atoms with Gasteiger partial charge in [-0.25, -0.2) is 0 Å². The Kier molecular flexibility index (Phi) is 4.84. The number of benzene rings is 1. The van der Waals surface area contributed by atoms with Crippen molar-refractivity contribution in [2.24, 2.45) is 0 Å². The minimum atomic E-state index is -0.331. The van der Waals surface area contributed by atoms with E-state index in [-0.39, 0.29) is 16.7 Å². The molecule has 0 spiro atoms. The average molecular weight is 274 g/mol. The molecule has 0 saturated heterocycles. The van der Waals surface area contributed by atoms with Crippen molar-refractivity contribution in [3.05, 3.63) is 58.4 Å². The van der Waals surface area contributed by atoms with E-state index in [1.165, 1.54) is 0 Å². The molecule has 1 aromatic carbocycles. The molecule has 6 heteroatoms. The van der Waals surface area contributed by atoms with Gasteiger partial charge in [0.05, 0.1) is 11.5 Å². The molecule has 0 aliphatic heterocycles. The van der Waals surface area contributed by atoms with Gasteiger partial charge in [-0.05, 0) is 26.0 Å². The van der Waals surface area contributed by atoms with Crippen LogP contribution >= 0.6 is 0 Å². The molecule has 0 bridgehead atoms. The molecule has 1 atom stereocenters. The lowest BCUT2D eigenvalue weighted by atomic mass is 10.1. The number of nitrogens with one attached hydrogen (secondary N) is 1. The number of para-hydroxylation sites is 1. The van der Waals surface area contributed by atoms with Gasteiger partial charge >= 0.3 is 0 Å². The van der Waals surface area contributed by atoms with Crippen LogP contribution in [0, 0.1) is 10.1 Å². The molecule has 0 amide bonds. The van der Waals surface area contributed by atoms with Crippen LogP contribution in [0.4, 0.5) is 5.69 Å². The molecule has 0 radical (unpaired) electrons. The van der Waals surface area contributed by atoms with Crippen molar-refractivity contribution in [3.8, 4) is 0 Å². The molecular formula is C14H18N4O2. The highest BCUT2D eigenvalue weighted by atomic mass is 16.6. The fourth-order valence-corrected chi connectivity index (χ4v) is 2.11.